The summed E-state index contributed by atoms with van der Waals surface area (Å²) in [5.74, 6) is 0. The van der Waals surface area contributed by atoms with E-state index in [0.717, 1.165) is 11.2 Å². The molecule has 0 radical (unpaired) electrons. The van der Waals surface area contributed by atoms with Crippen molar-refractivity contribution in [1.82, 2.24) is 4.57 Å². The highest BCUT2D eigenvalue weighted by Gasteiger charge is 2.03. The second-order valence-corrected chi connectivity index (χ2v) is 3.17. The molecule has 0 fully saturated rings. The van der Waals surface area contributed by atoms with Crippen molar-refractivity contribution in [3.63, 3.8) is 0 Å². The van der Waals surface area contributed by atoms with Gasteiger partial charge < -0.3 is 10.3 Å². The summed E-state index contributed by atoms with van der Waals surface area (Å²) in [6, 6.07) is 6.02. The fraction of sp³-hybridized carbons (Fsp3) is 0.200. The monoisotopic (exact) mass is 160 g/mol. The van der Waals surface area contributed by atoms with Crippen molar-refractivity contribution in [1.29, 1.82) is 0 Å². The van der Waals surface area contributed by atoms with Gasteiger partial charge in [0.05, 0.1) is 11.2 Å². The van der Waals surface area contributed by atoms with E-state index in [1.807, 2.05) is 19.2 Å². The lowest BCUT2D eigenvalue weighted by Gasteiger charge is -1.99. The van der Waals surface area contributed by atoms with Crippen LogP contribution in [0.15, 0.2) is 24.4 Å². The van der Waals surface area contributed by atoms with Crippen LogP contribution < -0.4 is 5.73 Å². The van der Waals surface area contributed by atoms with Gasteiger partial charge >= 0.3 is 0 Å². The van der Waals surface area contributed by atoms with Crippen LogP contribution >= 0.6 is 0 Å². The quantitative estimate of drug-likeness (QED) is 0.587. The third kappa shape index (κ3) is 0.811. The first kappa shape index (κ1) is 7.22. The lowest BCUT2D eigenvalue weighted by atomic mass is 10.2. The number of para-hydroxylation sites is 1. The topological polar surface area (TPSA) is 30.9 Å². The Balaban J connectivity index is 2.99. The molecule has 0 aliphatic heterocycles. The number of fused-ring (bicyclic) bond motifs is 1. The van der Waals surface area contributed by atoms with E-state index in [4.69, 9.17) is 5.73 Å². The molecule has 2 heteroatoms. The van der Waals surface area contributed by atoms with Crippen LogP contribution in [0, 0.1) is 6.92 Å². The van der Waals surface area contributed by atoms with E-state index in [2.05, 4.69) is 23.8 Å². The van der Waals surface area contributed by atoms with Gasteiger partial charge in [-0.3, -0.25) is 0 Å². The number of nitrogen functional groups attached to an aromatic ring is 1. The van der Waals surface area contributed by atoms with Crippen LogP contribution in [0.3, 0.4) is 0 Å². The number of nitrogens with zero attached hydrogens (tertiary/aromatic N) is 1. The van der Waals surface area contributed by atoms with Crippen LogP contribution in [0.2, 0.25) is 0 Å². The number of hydrogen-bond acceptors (Lipinski definition) is 1. The van der Waals surface area contributed by atoms with Crippen molar-refractivity contribution in [2.24, 2.45) is 7.05 Å². The van der Waals surface area contributed by atoms with E-state index in [9.17, 15) is 0 Å². The van der Waals surface area contributed by atoms with Crippen LogP contribution in [0.4, 0.5) is 5.69 Å². The lowest BCUT2D eigenvalue weighted by Crippen LogP contribution is -1.91. The maximum absolute atomic E-state index is 5.85. The number of aromatic nitrogens is 1. The summed E-state index contributed by atoms with van der Waals surface area (Å²) in [5.41, 5.74) is 9.11. The molecule has 1 aromatic carbocycles. The molecule has 12 heavy (non-hydrogen) atoms. The molecule has 0 unspecified atom stereocenters. The Morgan fingerprint density at radius 1 is 1.33 bits per heavy atom. The molecule has 0 spiro atoms. The molecule has 0 aliphatic rings. The van der Waals surface area contributed by atoms with Crippen molar-refractivity contribution in [2.45, 2.75) is 6.92 Å². The van der Waals surface area contributed by atoms with E-state index < -0.39 is 0 Å². The predicted molar refractivity (Wildman–Crippen MR) is 52.1 cm³/mol. The van der Waals surface area contributed by atoms with Crippen LogP contribution in [0.25, 0.3) is 10.9 Å². The predicted octanol–water partition coefficient (Wildman–Crippen LogP) is 2.07. The second-order valence-electron chi connectivity index (χ2n) is 3.17. The second kappa shape index (κ2) is 2.27. The molecule has 1 aromatic heterocycles. The SMILES string of the molecule is Cc1cn(C)c2c(N)cccc12. The first-order valence-corrected chi connectivity index (χ1v) is 4.00. The third-order valence-electron chi connectivity index (χ3n) is 2.23. The molecule has 1 heterocycles. The first-order chi connectivity index (χ1) is 5.70. The van der Waals surface area contributed by atoms with Crippen molar-refractivity contribution in [3.8, 4) is 0 Å². The Kier molecular flexibility index (Phi) is 1.37. The molecule has 2 aromatic rings. The smallest absolute Gasteiger partial charge is 0.0714 e. The average Bonchev–Trinajstić information content (AvgIpc) is 2.29. The maximum Gasteiger partial charge on any atom is 0.0714 e. The minimum absolute atomic E-state index is 0.850. The van der Waals surface area contributed by atoms with Crippen molar-refractivity contribution in [3.05, 3.63) is 30.0 Å². The van der Waals surface area contributed by atoms with Crippen molar-refractivity contribution < 1.29 is 0 Å². The summed E-state index contributed by atoms with van der Waals surface area (Å²) >= 11 is 0. The Labute approximate surface area is 71.6 Å². The third-order valence-corrected chi connectivity index (χ3v) is 2.23. The number of nitrogens with two attached hydrogens (primary N) is 1. The molecule has 2 nitrogen and oxygen atoms in total. The molecule has 62 valence electrons. The molecule has 2 rings (SSSR count). The molecule has 0 amide bonds. The van der Waals surface area contributed by atoms with E-state index in [0.29, 0.717) is 0 Å². The number of aryl methyl sites for hydroxylation is 2. The first-order valence-electron chi connectivity index (χ1n) is 4.00. The summed E-state index contributed by atoms with van der Waals surface area (Å²) in [6.45, 7) is 2.10. The zero-order chi connectivity index (χ0) is 8.72. The van der Waals surface area contributed by atoms with E-state index in [-0.39, 0.29) is 0 Å². The summed E-state index contributed by atoms with van der Waals surface area (Å²) in [4.78, 5) is 0. The van der Waals surface area contributed by atoms with Gasteiger partial charge in [-0.05, 0) is 18.6 Å². The zero-order valence-corrected chi connectivity index (χ0v) is 7.33. The zero-order valence-electron chi connectivity index (χ0n) is 7.33. The van der Waals surface area contributed by atoms with Gasteiger partial charge in [-0.15, -0.1) is 0 Å². The van der Waals surface area contributed by atoms with Crippen LogP contribution in [-0.4, -0.2) is 4.57 Å². The van der Waals surface area contributed by atoms with E-state index in [1.54, 1.807) is 0 Å². The highest BCUT2D eigenvalue weighted by Crippen LogP contribution is 2.24. The van der Waals surface area contributed by atoms with Crippen LogP contribution in [0.1, 0.15) is 5.56 Å². The largest absolute Gasteiger partial charge is 0.397 e. The Morgan fingerprint density at radius 2 is 2.08 bits per heavy atom. The minimum Gasteiger partial charge on any atom is -0.397 e. The van der Waals surface area contributed by atoms with Crippen molar-refractivity contribution >= 4 is 16.6 Å². The van der Waals surface area contributed by atoms with Gasteiger partial charge in [0.15, 0.2) is 0 Å². The maximum atomic E-state index is 5.85. The Bertz CT molecular complexity index is 427. The molecule has 2 N–H and O–H groups in total. The number of hydrogen-bond donors (Lipinski definition) is 1. The van der Waals surface area contributed by atoms with Gasteiger partial charge in [-0.1, -0.05) is 12.1 Å². The van der Waals surface area contributed by atoms with Crippen LogP contribution in [-0.2, 0) is 7.05 Å². The number of benzene rings is 1. The Hall–Kier alpha value is -1.44. The van der Waals surface area contributed by atoms with E-state index >= 15 is 0 Å². The summed E-state index contributed by atoms with van der Waals surface area (Å²) in [5, 5.41) is 1.25. The normalized spacial score (nSPS) is 10.8. The standard InChI is InChI=1S/C10H12N2/c1-7-6-12(2)10-8(7)4-3-5-9(10)11/h3-6H,11H2,1-2H3. The van der Waals surface area contributed by atoms with Gasteiger partial charge in [-0.2, -0.15) is 0 Å². The van der Waals surface area contributed by atoms with Gasteiger partial charge in [0.2, 0.25) is 0 Å². The van der Waals surface area contributed by atoms with Gasteiger partial charge in [0.25, 0.3) is 0 Å². The van der Waals surface area contributed by atoms with E-state index in [1.165, 1.54) is 10.9 Å². The summed E-state index contributed by atoms with van der Waals surface area (Å²) in [6.07, 6.45) is 2.10. The molecular formula is C10H12N2. The highest BCUT2D eigenvalue weighted by molar-refractivity contribution is 5.92. The van der Waals surface area contributed by atoms with Gasteiger partial charge in [0, 0.05) is 18.6 Å². The minimum atomic E-state index is 0.850. The lowest BCUT2D eigenvalue weighted by molar-refractivity contribution is 0.965. The molecular weight excluding hydrogens is 148 g/mol. The van der Waals surface area contributed by atoms with Gasteiger partial charge in [-0.25, -0.2) is 0 Å². The molecule has 0 aliphatic carbocycles. The van der Waals surface area contributed by atoms with Gasteiger partial charge in [0.1, 0.15) is 0 Å². The fourth-order valence-corrected chi connectivity index (χ4v) is 1.70. The average molecular weight is 160 g/mol. The fourth-order valence-electron chi connectivity index (χ4n) is 1.70. The molecule has 0 bridgehead atoms. The van der Waals surface area contributed by atoms with Crippen molar-refractivity contribution in [2.75, 3.05) is 5.73 Å². The summed E-state index contributed by atoms with van der Waals surface area (Å²) < 4.78 is 2.07. The van der Waals surface area contributed by atoms with Crippen LogP contribution in [0.5, 0.6) is 0 Å². The molecule has 0 saturated heterocycles. The molecule has 0 atom stereocenters. The number of anilines is 1. The molecule has 0 saturated carbocycles. The Morgan fingerprint density at radius 3 is 2.75 bits per heavy atom. The number of rotatable bonds is 0. The summed E-state index contributed by atoms with van der Waals surface area (Å²) in [7, 11) is 2.02. The highest BCUT2D eigenvalue weighted by atomic mass is 14.9.